The van der Waals surface area contributed by atoms with E-state index >= 15 is 0 Å². The summed E-state index contributed by atoms with van der Waals surface area (Å²) >= 11 is 0. The van der Waals surface area contributed by atoms with Gasteiger partial charge < -0.3 is 0 Å². The summed E-state index contributed by atoms with van der Waals surface area (Å²) in [6, 6.07) is 1.89. The maximum Gasteiger partial charge on any atom is 0.265 e. The first-order chi connectivity index (χ1) is 10.4. The van der Waals surface area contributed by atoms with E-state index in [4.69, 9.17) is 0 Å². The van der Waals surface area contributed by atoms with Crippen LogP contribution >= 0.6 is 0 Å². The molecule has 116 valence electrons. The first-order valence-electron chi connectivity index (χ1n) is 6.74. The van der Waals surface area contributed by atoms with Crippen molar-refractivity contribution in [2.75, 3.05) is 4.72 Å². The zero-order valence-electron chi connectivity index (χ0n) is 12.4. The summed E-state index contributed by atoms with van der Waals surface area (Å²) in [7, 11) is -3.73. The van der Waals surface area contributed by atoms with Crippen LogP contribution in [-0.2, 0) is 10.0 Å². The summed E-state index contributed by atoms with van der Waals surface area (Å²) in [5, 5.41) is 11.8. The van der Waals surface area contributed by atoms with Crippen LogP contribution in [0.15, 0.2) is 35.9 Å². The number of nitrogens with zero attached hydrogens (tertiary/aromatic N) is 5. The monoisotopic (exact) mass is 320 g/mol. The van der Waals surface area contributed by atoms with Gasteiger partial charge in [-0.25, -0.2) is 8.42 Å². The van der Waals surface area contributed by atoms with Crippen LogP contribution < -0.4 is 4.72 Å². The molecule has 0 spiro atoms. The molecular formula is C13H16N6O2S. The summed E-state index contributed by atoms with van der Waals surface area (Å²) in [5.74, 6) is 0. The lowest BCUT2D eigenvalue weighted by Crippen LogP contribution is -2.14. The molecule has 3 aromatic rings. The first kappa shape index (κ1) is 14.5. The molecule has 22 heavy (non-hydrogen) atoms. The number of aryl methyl sites for hydroxylation is 1. The van der Waals surface area contributed by atoms with Gasteiger partial charge in [-0.05, 0) is 32.4 Å². The van der Waals surface area contributed by atoms with Crippen LogP contribution in [0.4, 0.5) is 5.69 Å². The predicted octanol–water partition coefficient (Wildman–Crippen LogP) is 1.62. The number of rotatable bonds is 4. The minimum absolute atomic E-state index is 0.0885. The molecule has 3 heterocycles. The predicted molar refractivity (Wildman–Crippen MR) is 81.1 cm³/mol. The van der Waals surface area contributed by atoms with Crippen LogP contribution in [0.5, 0.6) is 0 Å². The minimum Gasteiger partial charge on any atom is -0.287 e. The van der Waals surface area contributed by atoms with Gasteiger partial charge in [0.1, 0.15) is 11.2 Å². The highest BCUT2D eigenvalue weighted by atomic mass is 32.2. The molecule has 3 rings (SSSR count). The number of aromatic nitrogens is 5. The number of fused-ring (bicyclic) bond motifs is 1. The Hall–Kier alpha value is -2.42. The maximum absolute atomic E-state index is 12.5. The van der Waals surface area contributed by atoms with Gasteiger partial charge in [0, 0.05) is 18.4 Å². The number of anilines is 1. The zero-order chi connectivity index (χ0) is 15.9. The van der Waals surface area contributed by atoms with E-state index in [0.29, 0.717) is 11.3 Å². The second-order valence-electron chi connectivity index (χ2n) is 5.29. The molecule has 0 unspecified atom stereocenters. The Balaban J connectivity index is 2.02. The molecule has 0 aromatic carbocycles. The average Bonchev–Trinajstić information content (AvgIpc) is 3.10. The van der Waals surface area contributed by atoms with Crippen molar-refractivity contribution < 1.29 is 8.42 Å². The fourth-order valence-corrected chi connectivity index (χ4v) is 3.12. The van der Waals surface area contributed by atoms with Crippen LogP contribution in [0.2, 0.25) is 0 Å². The number of nitrogens with one attached hydrogen (secondary N) is 1. The van der Waals surface area contributed by atoms with Crippen molar-refractivity contribution in [2.24, 2.45) is 0 Å². The second-order valence-corrected chi connectivity index (χ2v) is 6.97. The van der Waals surface area contributed by atoms with Gasteiger partial charge in [-0.1, -0.05) is 0 Å². The minimum atomic E-state index is -3.73. The summed E-state index contributed by atoms with van der Waals surface area (Å²) in [6.45, 7) is 5.67. The molecule has 0 amide bonds. The Morgan fingerprint density at radius 3 is 2.77 bits per heavy atom. The molecule has 0 fully saturated rings. The van der Waals surface area contributed by atoms with Crippen molar-refractivity contribution in [1.29, 1.82) is 0 Å². The van der Waals surface area contributed by atoms with Crippen LogP contribution in [0.3, 0.4) is 0 Å². The summed E-state index contributed by atoms with van der Waals surface area (Å²) in [4.78, 5) is 0.113. The number of sulfonamides is 1. The van der Waals surface area contributed by atoms with Gasteiger partial charge in [0.2, 0.25) is 0 Å². The van der Waals surface area contributed by atoms with Crippen LogP contribution in [-0.4, -0.2) is 32.8 Å². The highest BCUT2D eigenvalue weighted by Crippen LogP contribution is 2.23. The molecule has 0 bridgehead atoms. The molecule has 0 atom stereocenters. The lowest BCUT2D eigenvalue weighted by atomic mass is 10.2. The number of pyridine rings is 1. The molecule has 8 nitrogen and oxygen atoms in total. The lowest BCUT2D eigenvalue weighted by Gasteiger charge is -2.10. The SMILES string of the molecule is Cc1ccn2cnnc2c1NS(=O)(=O)c1cnn(C(C)C)c1. The second kappa shape index (κ2) is 5.09. The molecule has 0 saturated carbocycles. The van der Waals surface area contributed by atoms with E-state index in [1.807, 2.05) is 20.8 Å². The van der Waals surface area contributed by atoms with E-state index in [1.165, 1.54) is 18.7 Å². The summed E-state index contributed by atoms with van der Waals surface area (Å²) in [6.07, 6.45) is 6.14. The topological polar surface area (TPSA) is 94.2 Å². The molecule has 0 aliphatic rings. The van der Waals surface area contributed by atoms with Gasteiger partial charge in [0.15, 0.2) is 5.65 Å². The molecule has 0 aliphatic carbocycles. The first-order valence-corrected chi connectivity index (χ1v) is 8.23. The van der Waals surface area contributed by atoms with E-state index in [9.17, 15) is 8.42 Å². The average molecular weight is 320 g/mol. The molecule has 9 heteroatoms. The van der Waals surface area contributed by atoms with Gasteiger partial charge in [0.25, 0.3) is 10.0 Å². The van der Waals surface area contributed by atoms with Gasteiger partial charge in [-0.3, -0.25) is 13.8 Å². The molecule has 0 aliphatic heterocycles. The largest absolute Gasteiger partial charge is 0.287 e. The molecule has 0 radical (unpaired) electrons. The number of hydrogen-bond donors (Lipinski definition) is 1. The fraction of sp³-hybridized carbons (Fsp3) is 0.308. The third kappa shape index (κ3) is 2.43. The quantitative estimate of drug-likeness (QED) is 0.788. The third-order valence-electron chi connectivity index (χ3n) is 3.33. The highest BCUT2D eigenvalue weighted by molar-refractivity contribution is 7.92. The summed E-state index contributed by atoms with van der Waals surface area (Å²) < 4.78 is 30.9. The van der Waals surface area contributed by atoms with Crippen molar-refractivity contribution in [3.8, 4) is 0 Å². The van der Waals surface area contributed by atoms with Crippen molar-refractivity contribution in [3.05, 3.63) is 36.5 Å². The van der Waals surface area contributed by atoms with Crippen molar-refractivity contribution in [3.63, 3.8) is 0 Å². The molecular weight excluding hydrogens is 304 g/mol. The van der Waals surface area contributed by atoms with Gasteiger partial charge in [-0.2, -0.15) is 5.10 Å². The van der Waals surface area contributed by atoms with Crippen LogP contribution in [0.1, 0.15) is 25.5 Å². The van der Waals surface area contributed by atoms with E-state index in [0.717, 1.165) is 5.56 Å². The fourth-order valence-electron chi connectivity index (χ4n) is 2.04. The standard InChI is InChI=1S/C13H16N6O2S/c1-9(2)19-7-11(6-15-19)22(20,21)17-12-10(3)4-5-18-8-14-16-13(12)18/h4-9,17H,1-3H3. The van der Waals surface area contributed by atoms with Crippen molar-refractivity contribution in [1.82, 2.24) is 24.4 Å². The van der Waals surface area contributed by atoms with Gasteiger partial charge in [0.05, 0.1) is 11.9 Å². The van der Waals surface area contributed by atoms with Gasteiger partial charge >= 0.3 is 0 Å². The van der Waals surface area contributed by atoms with E-state index in [-0.39, 0.29) is 10.9 Å². The molecule has 1 N–H and O–H groups in total. The van der Waals surface area contributed by atoms with E-state index in [1.54, 1.807) is 21.3 Å². The Kier molecular flexibility index (Phi) is 3.36. The van der Waals surface area contributed by atoms with Crippen LogP contribution in [0, 0.1) is 6.92 Å². The van der Waals surface area contributed by atoms with Crippen molar-refractivity contribution in [2.45, 2.75) is 31.7 Å². The normalized spacial score (nSPS) is 12.2. The smallest absolute Gasteiger partial charge is 0.265 e. The highest BCUT2D eigenvalue weighted by Gasteiger charge is 2.20. The van der Waals surface area contributed by atoms with E-state index in [2.05, 4.69) is 20.0 Å². The molecule has 3 aromatic heterocycles. The Morgan fingerprint density at radius 2 is 2.09 bits per heavy atom. The zero-order valence-corrected chi connectivity index (χ0v) is 13.2. The molecule has 0 saturated heterocycles. The van der Waals surface area contributed by atoms with Gasteiger partial charge in [-0.15, -0.1) is 10.2 Å². The lowest BCUT2D eigenvalue weighted by molar-refractivity contribution is 0.531. The Labute approximate surface area is 127 Å². The number of hydrogen-bond acceptors (Lipinski definition) is 5. The summed E-state index contributed by atoms with van der Waals surface area (Å²) in [5.41, 5.74) is 1.64. The van der Waals surface area contributed by atoms with Crippen LogP contribution in [0.25, 0.3) is 5.65 Å². The Bertz CT molecular complexity index is 925. The van der Waals surface area contributed by atoms with E-state index < -0.39 is 10.0 Å². The van der Waals surface area contributed by atoms with Crippen molar-refractivity contribution >= 4 is 21.4 Å². The Morgan fingerprint density at radius 1 is 1.32 bits per heavy atom. The third-order valence-corrected chi connectivity index (χ3v) is 4.63. The maximum atomic E-state index is 12.5.